The summed E-state index contributed by atoms with van der Waals surface area (Å²) in [6, 6.07) is 3.69. The normalized spacial score (nSPS) is 10.4. The van der Waals surface area contributed by atoms with Crippen LogP contribution in [-0.2, 0) is 6.61 Å². The predicted molar refractivity (Wildman–Crippen MR) is 75.4 cm³/mol. The monoisotopic (exact) mass is 325 g/mol. The fraction of sp³-hybridized carbons (Fsp3) is 0.231. The van der Waals surface area contributed by atoms with Gasteiger partial charge in [0, 0.05) is 10.7 Å². The van der Waals surface area contributed by atoms with Gasteiger partial charge in [-0.3, -0.25) is 4.79 Å². The molecule has 0 bridgehead atoms. The zero-order valence-electron chi connectivity index (χ0n) is 10.1. The molecule has 5 heteroatoms. The first kappa shape index (κ1) is 13.2. The number of hydrogen-bond donors (Lipinski definition) is 0. The maximum atomic E-state index is 11.0. The van der Waals surface area contributed by atoms with E-state index >= 15 is 0 Å². The van der Waals surface area contributed by atoms with E-state index in [-0.39, 0.29) is 0 Å². The van der Waals surface area contributed by atoms with Crippen molar-refractivity contribution < 1.29 is 9.53 Å². The largest absolute Gasteiger partial charge is 0.487 e. The van der Waals surface area contributed by atoms with Crippen LogP contribution >= 0.6 is 27.3 Å². The van der Waals surface area contributed by atoms with Crippen LogP contribution in [-0.4, -0.2) is 11.3 Å². The summed E-state index contributed by atoms with van der Waals surface area (Å²) in [5, 5.41) is 1.01. The Hall–Kier alpha value is -1.20. The zero-order chi connectivity index (χ0) is 13.1. The van der Waals surface area contributed by atoms with Gasteiger partial charge < -0.3 is 4.74 Å². The number of halogens is 1. The van der Waals surface area contributed by atoms with E-state index in [0.29, 0.717) is 17.9 Å². The highest BCUT2D eigenvalue weighted by molar-refractivity contribution is 9.10. The fourth-order valence-corrected chi connectivity index (χ4v) is 2.95. The highest BCUT2D eigenvalue weighted by Crippen LogP contribution is 2.28. The first-order valence-corrected chi connectivity index (χ1v) is 7.00. The molecule has 0 aliphatic carbocycles. The fourth-order valence-electron chi connectivity index (χ4n) is 1.66. The Morgan fingerprint density at radius 1 is 1.44 bits per heavy atom. The number of aryl methyl sites for hydroxylation is 2. The molecule has 0 saturated carbocycles. The minimum Gasteiger partial charge on any atom is -0.487 e. The molecule has 1 heterocycles. The summed E-state index contributed by atoms with van der Waals surface area (Å²) in [5.74, 6) is 0.638. The van der Waals surface area contributed by atoms with Gasteiger partial charge in [0.1, 0.15) is 12.4 Å². The van der Waals surface area contributed by atoms with Crippen LogP contribution in [0.4, 0.5) is 0 Å². The lowest BCUT2D eigenvalue weighted by Gasteiger charge is -2.11. The van der Waals surface area contributed by atoms with Crippen LogP contribution in [0, 0.1) is 13.8 Å². The molecular weight excluding hydrogens is 314 g/mol. The Morgan fingerprint density at radius 3 is 2.83 bits per heavy atom. The molecule has 2 rings (SSSR count). The molecule has 1 aromatic carbocycles. The van der Waals surface area contributed by atoms with Crippen LogP contribution in [0.3, 0.4) is 0 Å². The van der Waals surface area contributed by atoms with Gasteiger partial charge in [-0.2, -0.15) is 0 Å². The number of aldehydes is 1. The molecule has 0 radical (unpaired) electrons. The molecule has 2 aromatic rings. The maximum Gasteiger partial charge on any atom is 0.153 e. The third-order valence-electron chi connectivity index (χ3n) is 2.42. The van der Waals surface area contributed by atoms with E-state index in [4.69, 9.17) is 4.74 Å². The summed E-state index contributed by atoms with van der Waals surface area (Å²) in [4.78, 5) is 16.3. The number of carbonyl (C=O) groups excluding carboxylic acids is 1. The topological polar surface area (TPSA) is 39.2 Å². The Morgan fingerprint density at radius 2 is 2.22 bits per heavy atom. The number of hydrogen-bond acceptors (Lipinski definition) is 4. The van der Waals surface area contributed by atoms with Crippen molar-refractivity contribution in [1.29, 1.82) is 0 Å². The zero-order valence-corrected chi connectivity index (χ0v) is 12.5. The minimum atomic E-state index is 0.439. The van der Waals surface area contributed by atoms with E-state index in [9.17, 15) is 4.79 Å². The minimum absolute atomic E-state index is 0.439. The second kappa shape index (κ2) is 5.63. The van der Waals surface area contributed by atoms with Crippen LogP contribution < -0.4 is 4.74 Å². The first-order chi connectivity index (χ1) is 8.60. The summed E-state index contributed by atoms with van der Waals surface area (Å²) < 4.78 is 6.61. The van der Waals surface area contributed by atoms with Crippen LogP contribution in [0.1, 0.15) is 25.8 Å². The number of nitrogens with zero attached hydrogens (tertiary/aromatic N) is 1. The van der Waals surface area contributed by atoms with Crippen LogP contribution in [0.15, 0.2) is 22.8 Å². The van der Waals surface area contributed by atoms with Gasteiger partial charge in [0.05, 0.1) is 15.4 Å². The van der Waals surface area contributed by atoms with Gasteiger partial charge >= 0.3 is 0 Å². The molecular formula is C13H12BrNO2S. The number of ether oxygens (including phenoxy) is 1. The third kappa shape index (κ3) is 2.97. The van der Waals surface area contributed by atoms with Gasteiger partial charge in [-0.1, -0.05) is 15.9 Å². The van der Waals surface area contributed by atoms with Gasteiger partial charge in [0.15, 0.2) is 6.29 Å². The average molecular weight is 326 g/mol. The molecule has 0 unspecified atom stereocenters. The molecule has 3 nitrogen and oxygen atoms in total. The SMILES string of the molecule is Cc1ncc(COc2c(C)cc(Br)cc2C=O)s1. The molecule has 0 saturated heterocycles. The number of benzene rings is 1. The molecule has 0 atom stereocenters. The molecule has 0 aliphatic rings. The summed E-state index contributed by atoms with van der Waals surface area (Å²) in [7, 11) is 0. The van der Waals surface area contributed by atoms with Gasteiger partial charge in [-0.15, -0.1) is 11.3 Å². The Bertz CT molecular complexity index is 580. The average Bonchev–Trinajstić information content (AvgIpc) is 2.73. The number of carbonyl (C=O) groups is 1. The van der Waals surface area contributed by atoms with Gasteiger partial charge in [0.2, 0.25) is 0 Å². The van der Waals surface area contributed by atoms with E-state index in [1.54, 1.807) is 23.6 Å². The highest BCUT2D eigenvalue weighted by Gasteiger charge is 2.09. The summed E-state index contributed by atoms with van der Waals surface area (Å²) >= 11 is 4.96. The van der Waals surface area contributed by atoms with E-state index in [1.165, 1.54) is 0 Å². The molecule has 0 spiro atoms. The van der Waals surface area contributed by atoms with Gasteiger partial charge in [-0.05, 0) is 31.5 Å². The molecule has 18 heavy (non-hydrogen) atoms. The van der Waals surface area contributed by atoms with E-state index in [2.05, 4.69) is 20.9 Å². The van der Waals surface area contributed by atoms with Gasteiger partial charge in [0.25, 0.3) is 0 Å². The van der Waals surface area contributed by atoms with E-state index < -0.39 is 0 Å². The Kier molecular flexibility index (Phi) is 4.14. The van der Waals surface area contributed by atoms with Crippen molar-refractivity contribution in [2.45, 2.75) is 20.5 Å². The Balaban J connectivity index is 2.20. The lowest BCUT2D eigenvalue weighted by atomic mass is 10.1. The van der Waals surface area contributed by atoms with Crippen molar-refractivity contribution in [3.63, 3.8) is 0 Å². The summed E-state index contributed by atoms with van der Waals surface area (Å²) in [6.07, 6.45) is 2.61. The number of rotatable bonds is 4. The lowest BCUT2D eigenvalue weighted by molar-refractivity contribution is 0.111. The number of thiazole rings is 1. The van der Waals surface area contributed by atoms with E-state index in [0.717, 1.165) is 26.2 Å². The maximum absolute atomic E-state index is 11.0. The molecule has 0 amide bonds. The first-order valence-electron chi connectivity index (χ1n) is 5.39. The van der Waals surface area contributed by atoms with Gasteiger partial charge in [-0.25, -0.2) is 4.98 Å². The highest BCUT2D eigenvalue weighted by atomic mass is 79.9. The number of aromatic nitrogens is 1. The van der Waals surface area contributed by atoms with Crippen LogP contribution in [0.2, 0.25) is 0 Å². The smallest absolute Gasteiger partial charge is 0.153 e. The second-order valence-corrected chi connectivity index (χ2v) is 6.13. The van der Waals surface area contributed by atoms with Crippen LogP contribution in [0.5, 0.6) is 5.75 Å². The molecule has 0 aliphatic heterocycles. The second-order valence-electron chi connectivity index (χ2n) is 3.89. The quantitative estimate of drug-likeness (QED) is 0.800. The standard InChI is InChI=1S/C13H12BrNO2S/c1-8-3-11(14)4-10(6-16)13(8)17-7-12-5-15-9(2)18-12/h3-6H,7H2,1-2H3. The molecule has 1 aromatic heterocycles. The lowest BCUT2D eigenvalue weighted by Crippen LogP contribution is -1.99. The van der Waals surface area contributed by atoms with Crippen LogP contribution in [0.25, 0.3) is 0 Å². The Labute approximate surface area is 118 Å². The predicted octanol–water partition coefficient (Wildman–Crippen LogP) is 3.91. The third-order valence-corrected chi connectivity index (χ3v) is 3.77. The van der Waals surface area contributed by atoms with Crippen molar-refractivity contribution in [2.24, 2.45) is 0 Å². The summed E-state index contributed by atoms with van der Waals surface area (Å²) in [5.41, 5.74) is 1.50. The van der Waals surface area contributed by atoms with Crippen molar-refractivity contribution >= 4 is 33.6 Å². The molecule has 0 N–H and O–H groups in total. The summed E-state index contributed by atoms with van der Waals surface area (Å²) in [6.45, 7) is 4.32. The van der Waals surface area contributed by atoms with Crippen molar-refractivity contribution in [3.05, 3.63) is 43.8 Å². The molecule has 0 fully saturated rings. The van der Waals surface area contributed by atoms with E-state index in [1.807, 2.05) is 19.9 Å². The van der Waals surface area contributed by atoms with Crippen molar-refractivity contribution in [3.8, 4) is 5.75 Å². The molecule has 94 valence electrons. The van der Waals surface area contributed by atoms with Crippen molar-refractivity contribution in [2.75, 3.05) is 0 Å². The van der Waals surface area contributed by atoms with Crippen molar-refractivity contribution in [1.82, 2.24) is 4.98 Å².